The predicted molar refractivity (Wildman–Crippen MR) is 123 cm³/mol. The lowest BCUT2D eigenvalue weighted by Gasteiger charge is -2.14. The Morgan fingerprint density at radius 3 is 2.56 bits per heavy atom. The predicted octanol–water partition coefficient (Wildman–Crippen LogP) is 4.92. The summed E-state index contributed by atoms with van der Waals surface area (Å²) in [4.78, 5) is 37.7. The second kappa shape index (κ2) is 10.6. The van der Waals surface area contributed by atoms with E-state index in [9.17, 15) is 14.4 Å². The first-order valence-corrected chi connectivity index (χ1v) is 11.0. The summed E-state index contributed by atoms with van der Waals surface area (Å²) in [5.41, 5.74) is 1.52. The van der Waals surface area contributed by atoms with Crippen LogP contribution in [0, 0.1) is 0 Å². The highest BCUT2D eigenvalue weighted by Crippen LogP contribution is 2.39. The Bertz CT molecular complexity index is 1050. The highest BCUT2D eigenvalue weighted by atomic mass is 35.5. The third-order valence-corrected chi connectivity index (χ3v) is 5.49. The van der Waals surface area contributed by atoms with Crippen molar-refractivity contribution in [3.05, 3.63) is 63.5 Å². The number of benzene rings is 2. The van der Waals surface area contributed by atoms with E-state index < -0.39 is 23.7 Å². The van der Waals surface area contributed by atoms with Crippen LogP contribution in [0.2, 0.25) is 5.02 Å². The maximum atomic E-state index is 12.6. The molecule has 7 nitrogen and oxygen atoms in total. The second-order valence-corrected chi connectivity index (χ2v) is 8.52. The van der Waals surface area contributed by atoms with Gasteiger partial charge in [-0.2, -0.15) is 0 Å². The molecule has 0 atom stereocenters. The van der Waals surface area contributed by atoms with Crippen molar-refractivity contribution < 1.29 is 28.6 Å². The number of nitrogens with zero attached hydrogens (tertiary/aromatic N) is 1. The molecule has 2 amide bonds. The summed E-state index contributed by atoms with van der Waals surface area (Å²) in [5, 5.41) is -0.242. The van der Waals surface area contributed by atoms with Gasteiger partial charge < -0.3 is 14.2 Å². The minimum Gasteiger partial charge on any atom is -0.493 e. The van der Waals surface area contributed by atoms with Gasteiger partial charge in [-0.3, -0.25) is 19.3 Å². The van der Waals surface area contributed by atoms with E-state index in [2.05, 4.69) is 0 Å². The Morgan fingerprint density at radius 1 is 1.19 bits per heavy atom. The van der Waals surface area contributed by atoms with Gasteiger partial charge in [0.25, 0.3) is 11.1 Å². The molecule has 0 aromatic heterocycles. The Labute approximate surface area is 195 Å². The molecule has 1 aliphatic rings. The molecule has 0 unspecified atom stereocenters. The van der Waals surface area contributed by atoms with Gasteiger partial charge >= 0.3 is 5.97 Å². The van der Waals surface area contributed by atoms with Crippen molar-refractivity contribution in [2.75, 3.05) is 13.7 Å². The number of imide groups is 1. The number of carbonyl (C=O) groups is 3. The number of halogens is 1. The first-order chi connectivity index (χ1) is 15.3. The Morgan fingerprint density at radius 2 is 1.91 bits per heavy atom. The molecule has 3 rings (SSSR count). The van der Waals surface area contributed by atoms with E-state index in [0.29, 0.717) is 28.7 Å². The maximum Gasteiger partial charge on any atom is 0.326 e. The lowest BCUT2D eigenvalue weighted by atomic mass is 10.1. The summed E-state index contributed by atoms with van der Waals surface area (Å²) in [6.07, 6.45) is 1.18. The third kappa shape index (κ3) is 5.83. The number of esters is 1. The molecule has 32 heavy (non-hydrogen) atoms. The molecule has 1 aliphatic heterocycles. The first kappa shape index (κ1) is 23.7. The van der Waals surface area contributed by atoms with Crippen molar-refractivity contribution in [3.63, 3.8) is 0 Å². The molecule has 1 fully saturated rings. The molecular weight excluding hydrogens is 454 g/mol. The van der Waals surface area contributed by atoms with Crippen LogP contribution in [0.25, 0.3) is 6.08 Å². The molecule has 1 heterocycles. The van der Waals surface area contributed by atoms with Gasteiger partial charge in [-0.25, -0.2) is 0 Å². The monoisotopic (exact) mass is 475 g/mol. The minimum absolute atomic E-state index is 0.170. The van der Waals surface area contributed by atoms with Crippen LogP contribution in [0.4, 0.5) is 4.79 Å². The van der Waals surface area contributed by atoms with Crippen molar-refractivity contribution in [2.45, 2.75) is 26.6 Å². The number of hydrogen-bond acceptors (Lipinski definition) is 7. The number of hydrogen-bond donors (Lipinski definition) is 0. The normalized spacial score (nSPS) is 14.9. The number of amides is 2. The first-order valence-electron chi connectivity index (χ1n) is 9.77. The van der Waals surface area contributed by atoms with Gasteiger partial charge in [0.2, 0.25) is 0 Å². The zero-order valence-electron chi connectivity index (χ0n) is 17.8. The molecule has 0 bridgehead atoms. The topological polar surface area (TPSA) is 82.1 Å². The summed E-state index contributed by atoms with van der Waals surface area (Å²) in [5.74, 6) is -0.451. The van der Waals surface area contributed by atoms with E-state index in [0.717, 1.165) is 22.2 Å². The smallest absolute Gasteiger partial charge is 0.326 e. The molecule has 0 radical (unpaired) electrons. The van der Waals surface area contributed by atoms with Crippen LogP contribution in [0.3, 0.4) is 0 Å². The fourth-order valence-corrected chi connectivity index (χ4v) is 4.02. The average Bonchev–Trinajstić information content (AvgIpc) is 3.00. The third-order valence-electron chi connectivity index (χ3n) is 4.30. The van der Waals surface area contributed by atoms with Crippen LogP contribution in [0.15, 0.2) is 47.4 Å². The molecular formula is C23H22ClNO6S. The summed E-state index contributed by atoms with van der Waals surface area (Å²) in [6, 6.07) is 12.9. The maximum absolute atomic E-state index is 12.6. The number of carbonyl (C=O) groups excluding carboxylic acids is 3. The zero-order chi connectivity index (χ0) is 23.3. The molecule has 9 heteroatoms. The lowest BCUT2D eigenvalue weighted by Crippen LogP contribution is -2.35. The zero-order valence-corrected chi connectivity index (χ0v) is 19.4. The molecule has 0 aliphatic carbocycles. The van der Waals surface area contributed by atoms with Gasteiger partial charge in [0.15, 0.2) is 11.5 Å². The van der Waals surface area contributed by atoms with Crippen LogP contribution >= 0.6 is 23.4 Å². The van der Waals surface area contributed by atoms with Crippen molar-refractivity contribution in [3.8, 4) is 11.5 Å². The standard InChI is InChI=1S/C23H22ClNO6S/c1-14(2)31-20(26)12-25-22(27)19(32-23(25)28)11-16-9-17(24)21(18(10-16)29-3)30-13-15-7-5-4-6-8-15/h4-11,14H,12-13H2,1-3H3/b19-11+. The lowest BCUT2D eigenvalue weighted by molar-refractivity contribution is -0.149. The fourth-order valence-electron chi connectivity index (χ4n) is 2.91. The van der Waals surface area contributed by atoms with Crippen LogP contribution in [0.1, 0.15) is 25.0 Å². The summed E-state index contributed by atoms with van der Waals surface area (Å²) in [6.45, 7) is 3.25. The van der Waals surface area contributed by atoms with Crippen molar-refractivity contribution in [1.29, 1.82) is 0 Å². The van der Waals surface area contributed by atoms with E-state index in [4.69, 9.17) is 25.8 Å². The second-order valence-electron chi connectivity index (χ2n) is 7.11. The van der Waals surface area contributed by atoms with E-state index in [-0.39, 0.29) is 11.0 Å². The van der Waals surface area contributed by atoms with Gasteiger partial charge in [-0.05, 0) is 54.9 Å². The highest BCUT2D eigenvalue weighted by Gasteiger charge is 2.36. The van der Waals surface area contributed by atoms with Crippen LogP contribution in [-0.2, 0) is 20.9 Å². The van der Waals surface area contributed by atoms with E-state index >= 15 is 0 Å². The van der Waals surface area contributed by atoms with Crippen LogP contribution < -0.4 is 9.47 Å². The molecule has 168 valence electrons. The number of rotatable bonds is 8. The van der Waals surface area contributed by atoms with Gasteiger partial charge in [-0.15, -0.1) is 0 Å². The number of thioether (sulfide) groups is 1. The molecule has 0 saturated carbocycles. The van der Waals surface area contributed by atoms with Crippen molar-refractivity contribution in [2.24, 2.45) is 0 Å². The Kier molecular flexibility index (Phi) is 7.82. The number of methoxy groups -OCH3 is 1. The van der Waals surface area contributed by atoms with E-state index in [1.165, 1.54) is 13.2 Å². The van der Waals surface area contributed by atoms with Gasteiger partial charge in [-0.1, -0.05) is 41.9 Å². The van der Waals surface area contributed by atoms with Crippen molar-refractivity contribution >= 4 is 46.6 Å². The van der Waals surface area contributed by atoms with Crippen molar-refractivity contribution in [1.82, 2.24) is 4.90 Å². The van der Waals surface area contributed by atoms with Gasteiger partial charge in [0.05, 0.1) is 23.1 Å². The summed E-state index contributed by atoms with van der Waals surface area (Å²) >= 11 is 7.16. The Balaban J connectivity index is 1.78. The molecule has 0 spiro atoms. The summed E-state index contributed by atoms with van der Waals surface area (Å²) < 4.78 is 16.3. The van der Waals surface area contributed by atoms with Gasteiger partial charge in [0.1, 0.15) is 13.2 Å². The minimum atomic E-state index is -0.645. The largest absolute Gasteiger partial charge is 0.493 e. The van der Waals surface area contributed by atoms with Gasteiger partial charge in [0, 0.05) is 0 Å². The van der Waals surface area contributed by atoms with Crippen LogP contribution in [0.5, 0.6) is 11.5 Å². The highest BCUT2D eigenvalue weighted by molar-refractivity contribution is 8.18. The Hall–Kier alpha value is -2.97. The SMILES string of the molecule is COc1cc(/C=C2/SC(=O)N(CC(=O)OC(C)C)C2=O)cc(Cl)c1OCc1ccccc1. The molecule has 2 aromatic carbocycles. The van der Waals surface area contributed by atoms with E-state index in [1.807, 2.05) is 30.3 Å². The summed E-state index contributed by atoms with van der Waals surface area (Å²) in [7, 11) is 1.49. The molecule has 1 saturated heterocycles. The average molecular weight is 476 g/mol. The molecule has 2 aromatic rings. The van der Waals surface area contributed by atoms with Crippen LogP contribution in [-0.4, -0.2) is 41.8 Å². The number of ether oxygens (including phenoxy) is 3. The fraction of sp³-hybridized carbons (Fsp3) is 0.261. The van der Waals surface area contributed by atoms with E-state index in [1.54, 1.807) is 26.0 Å². The molecule has 0 N–H and O–H groups in total. The quantitative estimate of drug-likeness (QED) is 0.396.